The van der Waals surface area contributed by atoms with Gasteiger partial charge in [0, 0.05) is 5.33 Å². The molecular weight excluding hydrogens is 224 g/mol. The fraction of sp³-hybridized carbons (Fsp3) is 0.333. The molecule has 0 nitrogen and oxygen atoms in total. The van der Waals surface area contributed by atoms with Gasteiger partial charge in [-0.25, -0.2) is 0 Å². The predicted molar refractivity (Wildman–Crippen MR) is 63.4 cm³/mol. The molecule has 0 aliphatic rings. The second-order valence-electron chi connectivity index (χ2n) is 3.17. The lowest BCUT2D eigenvalue weighted by Gasteiger charge is -2.03. The summed E-state index contributed by atoms with van der Waals surface area (Å²) in [5.41, 5.74) is 4.08. The van der Waals surface area contributed by atoms with Crippen LogP contribution >= 0.6 is 15.9 Å². The van der Waals surface area contributed by atoms with Crippen molar-refractivity contribution in [3.05, 3.63) is 41.0 Å². The van der Waals surface area contributed by atoms with E-state index < -0.39 is 0 Å². The molecule has 0 saturated heterocycles. The van der Waals surface area contributed by atoms with Crippen LogP contribution in [0.15, 0.2) is 24.3 Å². The van der Waals surface area contributed by atoms with E-state index in [0.29, 0.717) is 0 Å². The van der Waals surface area contributed by atoms with E-state index in [1.54, 1.807) is 0 Å². The zero-order chi connectivity index (χ0) is 9.68. The maximum atomic E-state index is 3.40. The normalized spacial score (nSPS) is 11.0. The molecule has 1 heteroatoms. The first-order valence-electron chi connectivity index (χ1n) is 4.54. The number of hydrogen-bond donors (Lipinski definition) is 0. The Hall–Kier alpha value is -0.560. The van der Waals surface area contributed by atoms with E-state index in [0.717, 1.165) is 11.8 Å². The number of aryl methyl sites for hydroxylation is 1. The molecule has 1 aromatic carbocycles. The maximum absolute atomic E-state index is 3.40. The first-order chi connectivity index (χ1) is 6.25. The van der Waals surface area contributed by atoms with Gasteiger partial charge in [-0.05, 0) is 37.0 Å². The number of alkyl halides is 1. The molecule has 0 aromatic heterocycles. The number of rotatable bonds is 3. The van der Waals surface area contributed by atoms with E-state index in [9.17, 15) is 0 Å². The summed E-state index contributed by atoms with van der Waals surface area (Å²) in [5, 5.41) is 1.04. The zero-order valence-electron chi connectivity index (χ0n) is 8.18. The standard InChI is InChI=1S/C12H15Br/c1-10-6-5-8-12(11(10)2)7-3-4-9-13/h3,5-8H,4,9H2,1-2H3. The molecule has 13 heavy (non-hydrogen) atoms. The molecule has 0 spiro atoms. The average Bonchev–Trinajstić information content (AvgIpc) is 2.13. The Bertz CT molecular complexity index is 300. The van der Waals surface area contributed by atoms with Gasteiger partial charge in [-0.2, -0.15) is 0 Å². The van der Waals surface area contributed by atoms with Gasteiger partial charge < -0.3 is 0 Å². The minimum Gasteiger partial charge on any atom is -0.0925 e. The molecular formula is C12H15Br. The Kier molecular flexibility index (Phi) is 4.23. The van der Waals surface area contributed by atoms with Gasteiger partial charge in [-0.1, -0.05) is 46.3 Å². The average molecular weight is 239 g/mol. The fourth-order valence-electron chi connectivity index (χ4n) is 1.23. The van der Waals surface area contributed by atoms with Crippen molar-refractivity contribution in [2.45, 2.75) is 20.3 Å². The maximum Gasteiger partial charge on any atom is 0.00660 e. The highest BCUT2D eigenvalue weighted by Gasteiger charge is 1.95. The molecule has 0 atom stereocenters. The van der Waals surface area contributed by atoms with E-state index in [1.807, 2.05) is 0 Å². The summed E-state index contributed by atoms with van der Waals surface area (Å²) >= 11 is 3.40. The highest BCUT2D eigenvalue weighted by atomic mass is 79.9. The van der Waals surface area contributed by atoms with Crippen LogP contribution < -0.4 is 0 Å². The Morgan fingerprint density at radius 1 is 1.31 bits per heavy atom. The van der Waals surface area contributed by atoms with Crippen molar-refractivity contribution in [3.63, 3.8) is 0 Å². The van der Waals surface area contributed by atoms with Crippen molar-refractivity contribution >= 4 is 22.0 Å². The Morgan fingerprint density at radius 2 is 2.08 bits per heavy atom. The minimum absolute atomic E-state index is 1.04. The van der Waals surface area contributed by atoms with E-state index in [4.69, 9.17) is 0 Å². The molecule has 1 aromatic rings. The second-order valence-corrected chi connectivity index (χ2v) is 3.96. The van der Waals surface area contributed by atoms with E-state index in [2.05, 4.69) is 60.1 Å². The van der Waals surface area contributed by atoms with E-state index in [1.165, 1.54) is 16.7 Å². The van der Waals surface area contributed by atoms with Gasteiger partial charge in [0.05, 0.1) is 0 Å². The smallest absolute Gasteiger partial charge is 0.00660 e. The molecule has 0 N–H and O–H groups in total. The molecule has 0 unspecified atom stereocenters. The molecule has 0 aliphatic heterocycles. The Labute approximate surface area is 88.8 Å². The van der Waals surface area contributed by atoms with Crippen molar-refractivity contribution in [1.29, 1.82) is 0 Å². The molecule has 1 rings (SSSR count). The SMILES string of the molecule is Cc1cccc(C=CCCBr)c1C. The van der Waals surface area contributed by atoms with Crippen LogP contribution in [0.4, 0.5) is 0 Å². The van der Waals surface area contributed by atoms with Gasteiger partial charge in [0.2, 0.25) is 0 Å². The van der Waals surface area contributed by atoms with Crippen molar-refractivity contribution in [3.8, 4) is 0 Å². The third-order valence-electron chi connectivity index (χ3n) is 2.22. The summed E-state index contributed by atoms with van der Waals surface area (Å²) in [4.78, 5) is 0. The summed E-state index contributed by atoms with van der Waals surface area (Å²) in [6.45, 7) is 4.32. The predicted octanol–water partition coefficient (Wildman–Crippen LogP) is 4.10. The molecule has 0 amide bonds. The molecule has 0 radical (unpaired) electrons. The fourth-order valence-corrected chi connectivity index (χ4v) is 1.49. The van der Waals surface area contributed by atoms with Crippen molar-refractivity contribution in [2.75, 3.05) is 5.33 Å². The van der Waals surface area contributed by atoms with Gasteiger partial charge in [0.15, 0.2) is 0 Å². The van der Waals surface area contributed by atoms with Crippen molar-refractivity contribution in [1.82, 2.24) is 0 Å². The number of halogens is 1. The summed E-state index contributed by atoms with van der Waals surface area (Å²) < 4.78 is 0. The third kappa shape index (κ3) is 3.00. The second kappa shape index (κ2) is 5.23. The molecule has 70 valence electrons. The molecule has 0 fully saturated rings. The lowest BCUT2D eigenvalue weighted by Crippen LogP contribution is -1.84. The first-order valence-corrected chi connectivity index (χ1v) is 5.66. The van der Waals surface area contributed by atoms with Gasteiger partial charge >= 0.3 is 0 Å². The Balaban J connectivity index is 2.83. The third-order valence-corrected chi connectivity index (χ3v) is 2.68. The first kappa shape index (κ1) is 10.5. The highest BCUT2D eigenvalue weighted by Crippen LogP contribution is 2.14. The van der Waals surface area contributed by atoms with Crippen LogP contribution in [-0.4, -0.2) is 5.33 Å². The Morgan fingerprint density at radius 3 is 2.77 bits per heavy atom. The van der Waals surface area contributed by atoms with Crippen LogP contribution in [0.5, 0.6) is 0 Å². The monoisotopic (exact) mass is 238 g/mol. The van der Waals surface area contributed by atoms with Crippen molar-refractivity contribution in [2.24, 2.45) is 0 Å². The molecule has 0 bridgehead atoms. The summed E-state index contributed by atoms with van der Waals surface area (Å²) in [6.07, 6.45) is 5.49. The zero-order valence-corrected chi connectivity index (χ0v) is 9.76. The number of hydrogen-bond acceptors (Lipinski definition) is 0. The van der Waals surface area contributed by atoms with Crippen LogP contribution in [0, 0.1) is 13.8 Å². The topological polar surface area (TPSA) is 0 Å². The summed E-state index contributed by atoms with van der Waals surface area (Å²) in [6, 6.07) is 6.42. The van der Waals surface area contributed by atoms with Crippen molar-refractivity contribution < 1.29 is 0 Å². The molecule has 0 heterocycles. The minimum atomic E-state index is 1.04. The molecule has 0 aliphatic carbocycles. The summed E-state index contributed by atoms with van der Waals surface area (Å²) in [7, 11) is 0. The van der Waals surface area contributed by atoms with E-state index >= 15 is 0 Å². The highest BCUT2D eigenvalue weighted by molar-refractivity contribution is 9.09. The largest absolute Gasteiger partial charge is 0.0925 e. The number of benzene rings is 1. The summed E-state index contributed by atoms with van der Waals surface area (Å²) in [5.74, 6) is 0. The lowest BCUT2D eigenvalue weighted by molar-refractivity contribution is 1.26. The van der Waals surface area contributed by atoms with Crippen LogP contribution in [0.3, 0.4) is 0 Å². The number of allylic oxidation sites excluding steroid dienone is 1. The van der Waals surface area contributed by atoms with Gasteiger partial charge in [0.25, 0.3) is 0 Å². The van der Waals surface area contributed by atoms with Crippen LogP contribution in [0.25, 0.3) is 6.08 Å². The van der Waals surface area contributed by atoms with Gasteiger partial charge in [0.1, 0.15) is 0 Å². The quantitative estimate of drug-likeness (QED) is 0.696. The van der Waals surface area contributed by atoms with Crippen LogP contribution in [0.1, 0.15) is 23.1 Å². The van der Waals surface area contributed by atoms with Crippen LogP contribution in [-0.2, 0) is 0 Å². The lowest BCUT2D eigenvalue weighted by atomic mass is 10.0. The van der Waals surface area contributed by atoms with Gasteiger partial charge in [-0.15, -0.1) is 0 Å². The molecule has 0 saturated carbocycles. The van der Waals surface area contributed by atoms with Crippen LogP contribution in [0.2, 0.25) is 0 Å². The van der Waals surface area contributed by atoms with E-state index in [-0.39, 0.29) is 0 Å². The van der Waals surface area contributed by atoms with Gasteiger partial charge in [-0.3, -0.25) is 0 Å².